The number of aliphatic hydroxyl groups excluding tert-OH is 1. The highest BCUT2D eigenvalue weighted by molar-refractivity contribution is 5.65. The average Bonchev–Trinajstić information content (AvgIpc) is 2.30. The van der Waals surface area contributed by atoms with E-state index < -0.39 is 24.1 Å². The smallest absolute Gasteiger partial charge is 0.134 e. The van der Waals surface area contributed by atoms with Crippen LogP contribution in [0.3, 0.4) is 0 Å². The van der Waals surface area contributed by atoms with Crippen molar-refractivity contribution in [2.75, 3.05) is 0 Å². The van der Waals surface area contributed by atoms with E-state index in [9.17, 15) is 13.2 Å². The minimum absolute atomic E-state index is 0.158. The van der Waals surface area contributed by atoms with E-state index in [2.05, 4.69) is 0 Å². The Hall–Kier alpha value is -1.81. The van der Waals surface area contributed by atoms with Crippen molar-refractivity contribution >= 4 is 0 Å². The summed E-state index contributed by atoms with van der Waals surface area (Å²) in [6.07, 6.45) is 0. The first-order valence-corrected chi connectivity index (χ1v) is 4.96. The fourth-order valence-corrected chi connectivity index (χ4v) is 1.61. The molecule has 0 spiro atoms. The maximum atomic E-state index is 13.6. The second kappa shape index (κ2) is 4.59. The quantitative estimate of drug-likeness (QED) is 0.851. The van der Waals surface area contributed by atoms with Crippen molar-refractivity contribution in [2.45, 2.75) is 6.61 Å². The van der Waals surface area contributed by atoms with Crippen LogP contribution in [0.25, 0.3) is 11.1 Å². The van der Waals surface area contributed by atoms with Gasteiger partial charge in [-0.2, -0.15) is 0 Å². The van der Waals surface area contributed by atoms with E-state index >= 15 is 0 Å². The summed E-state index contributed by atoms with van der Waals surface area (Å²) in [5.74, 6) is -2.03. The summed E-state index contributed by atoms with van der Waals surface area (Å²) in [6.45, 7) is -0.433. The number of halogens is 3. The van der Waals surface area contributed by atoms with Gasteiger partial charge >= 0.3 is 0 Å². The molecule has 1 N–H and O–H groups in total. The van der Waals surface area contributed by atoms with Gasteiger partial charge in [0, 0.05) is 0 Å². The third-order valence-corrected chi connectivity index (χ3v) is 2.42. The number of aliphatic hydroxyl groups is 1. The maximum Gasteiger partial charge on any atom is 0.134 e. The molecular formula is C13H9F3O. The molecule has 1 nitrogen and oxygen atoms in total. The van der Waals surface area contributed by atoms with E-state index in [0.717, 1.165) is 24.3 Å². The predicted octanol–water partition coefficient (Wildman–Crippen LogP) is 3.26. The minimum atomic E-state index is -0.777. The monoisotopic (exact) mass is 238 g/mol. The predicted molar refractivity (Wildman–Crippen MR) is 57.7 cm³/mol. The molecule has 0 heterocycles. The first-order chi connectivity index (χ1) is 8.11. The zero-order valence-electron chi connectivity index (χ0n) is 8.75. The van der Waals surface area contributed by atoms with Crippen molar-refractivity contribution in [1.29, 1.82) is 0 Å². The molecule has 0 fully saturated rings. The van der Waals surface area contributed by atoms with Crippen LogP contribution in [-0.4, -0.2) is 5.11 Å². The van der Waals surface area contributed by atoms with Gasteiger partial charge in [0.15, 0.2) is 0 Å². The van der Waals surface area contributed by atoms with Crippen molar-refractivity contribution in [1.82, 2.24) is 0 Å². The van der Waals surface area contributed by atoms with Gasteiger partial charge in [0.2, 0.25) is 0 Å². The lowest BCUT2D eigenvalue weighted by molar-refractivity contribution is 0.280. The van der Waals surface area contributed by atoms with Crippen LogP contribution >= 0.6 is 0 Å². The molecule has 0 aliphatic heterocycles. The Morgan fingerprint density at radius 1 is 0.882 bits per heavy atom. The van der Waals surface area contributed by atoms with Crippen LogP contribution in [0.4, 0.5) is 13.2 Å². The highest BCUT2D eigenvalue weighted by atomic mass is 19.1. The lowest BCUT2D eigenvalue weighted by Gasteiger charge is -2.07. The highest BCUT2D eigenvalue weighted by Gasteiger charge is 2.13. The fourth-order valence-electron chi connectivity index (χ4n) is 1.61. The molecule has 0 aliphatic rings. The Morgan fingerprint density at radius 2 is 1.41 bits per heavy atom. The van der Waals surface area contributed by atoms with Gasteiger partial charge in [-0.05, 0) is 35.4 Å². The molecule has 0 amide bonds. The summed E-state index contributed by atoms with van der Waals surface area (Å²) in [5, 5.41) is 8.80. The zero-order valence-corrected chi connectivity index (χ0v) is 8.75. The van der Waals surface area contributed by atoms with Gasteiger partial charge in [-0.3, -0.25) is 0 Å². The Bertz CT molecular complexity index is 512. The highest BCUT2D eigenvalue weighted by Crippen LogP contribution is 2.27. The molecule has 0 radical (unpaired) electrons. The van der Waals surface area contributed by atoms with Crippen LogP contribution < -0.4 is 0 Å². The summed E-state index contributed by atoms with van der Waals surface area (Å²) in [7, 11) is 0. The van der Waals surface area contributed by atoms with Gasteiger partial charge in [0.05, 0.1) is 12.2 Å². The Morgan fingerprint density at radius 3 is 1.88 bits per heavy atom. The van der Waals surface area contributed by atoms with Gasteiger partial charge in [0.1, 0.15) is 17.5 Å². The lowest BCUT2D eigenvalue weighted by atomic mass is 10.0. The third kappa shape index (κ3) is 2.31. The van der Waals surface area contributed by atoms with Crippen LogP contribution in [0.2, 0.25) is 0 Å². The molecule has 0 saturated heterocycles. The SMILES string of the molecule is OCc1cc(F)c(-c2ccc(F)cc2)c(F)c1. The zero-order chi connectivity index (χ0) is 12.4. The van der Waals surface area contributed by atoms with Crippen LogP contribution in [0.5, 0.6) is 0 Å². The van der Waals surface area contributed by atoms with Gasteiger partial charge < -0.3 is 5.11 Å². The summed E-state index contributed by atoms with van der Waals surface area (Å²) in [5.41, 5.74) is 0.193. The first kappa shape index (κ1) is 11.7. The normalized spacial score (nSPS) is 10.6. The molecule has 0 unspecified atom stereocenters. The molecule has 0 saturated carbocycles. The third-order valence-electron chi connectivity index (χ3n) is 2.42. The molecule has 0 aromatic heterocycles. The minimum Gasteiger partial charge on any atom is -0.392 e. The van der Waals surface area contributed by atoms with Crippen LogP contribution in [0.15, 0.2) is 36.4 Å². The fraction of sp³-hybridized carbons (Fsp3) is 0.0769. The summed E-state index contributed by atoms with van der Waals surface area (Å²) >= 11 is 0. The van der Waals surface area contributed by atoms with Crippen molar-refractivity contribution in [3.63, 3.8) is 0 Å². The maximum absolute atomic E-state index is 13.6. The van der Waals surface area contributed by atoms with E-state index in [0.29, 0.717) is 0 Å². The molecule has 88 valence electrons. The summed E-state index contributed by atoms with van der Waals surface area (Å²) in [4.78, 5) is 0. The summed E-state index contributed by atoms with van der Waals surface area (Å²) < 4.78 is 40.0. The number of hydrogen-bond acceptors (Lipinski definition) is 1. The van der Waals surface area contributed by atoms with Crippen LogP contribution in [0, 0.1) is 17.5 Å². The molecule has 0 aliphatic carbocycles. The Kier molecular flexibility index (Phi) is 3.15. The standard InChI is InChI=1S/C13H9F3O/c14-10-3-1-9(2-4-10)13-11(15)5-8(7-17)6-12(13)16/h1-6,17H,7H2. The molecule has 0 atom stereocenters. The van der Waals surface area contributed by atoms with E-state index in [1.165, 1.54) is 12.1 Å². The van der Waals surface area contributed by atoms with Crippen molar-refractivity contribution < 1.29 is 18.3 Å². The largest absolute Gasteiger partial charge is 0.392 e. The molecule has 0 bridgehead atoms. The van der Waals surface area contributed by atoms with E-state index in [1.54, 1.807) is 0 Å². The Labute approximate surface area is 96.1 Å². The van der Waals surface area contributed by atoms with Crippen LogP contribution in [-0.2, 0) is 6.61 Å². The lowest BCUT2D eigenvalue weighted by Crippen LogP contribution is -1.94. The summed E-state index contributed by atoms with van der Waals surface area (Å²) in [6, 6.07) is 6.98. The topological polar surface area (TPSA) is 20.2 Å². The number of rotatable bonds is 2. The van der Waals surface area contributed by atoms with Crippen molar-refractivity contribution in [3.05, 3.63) is 59.4 Å². The number of hydrogen-bond donors (Lipinski definition) is 1. The van der Waals surface area contributed by atoms with Crippen molar-refractivity contribution in [2.24, 2.45) is 0 Å². The molecule has 4 heteroatoms. The van der Waals surface area contributed by atoms with Gasteiger partial charge in [-0.25, -0.2) is 13.2 Å². The van der Waals surface area contributed by atoms with E-state index in [1.807, 2.05) is 0 Å². The molecular weight excluding hydrogens is 229 g/mol. The second-order valence-corrected chi connectivity index (χ2v) is 3.60. The van der Waals surface area contributed by atoms with E-state index in [-0.39, 0.29) is 16.7 Å². The average molecular weight is 238 g/mol. The van der Waals surface area contributed by atoms with Crippen LogP contribution in [0.1, 0.15) is 5.56 Å². The second-order valence-electron chi connectivity index (χ2n) is 3.60. The molecule has 2 aromatic rings. The molecule has 2 rings (SSSR count). The van der Waals surface area contributed by atoms with Gasteiger partial charge in [0.25, 0.3) is 0 Å². The first-order valence-electron chi connectivity index (χ1n) is 4.96. The van der Waals surface area contributed by atoms with E-state index in [4.69, 9.17) is 5.11 Å². The number of benzene rings is 2. The molecule has 17 heavy (non-hydrogen) atoms. The molecule has 2 aromatic carbocycles. The Balaban J connectivity index is 2.55. The van der Waals surface area contributed by atoms with Crippen molar-refractivity contribution in [3.8, 4) is 11.1 Å². The van der Waals surface area contributed by atoms with Gasteiger partial charge in [-0.15, -0.1) is 0 Å². The van der Waals surface area contributed by atoms with Gasteiger partial charge in [-0.1, -0.05) is 12.1 Å².